The Hall–Kier alpha value is -0.620. The fourth-order valence-electron chi connectivity index (χ4n) is 1.92. The van der Waals surface area contributed by atoms with Crippen molar-refractivity contribution in [3.05, 3.63) is 28.7 Å². The van der Waals surface area contributed by atoms with Crippen LogP contribution in [0.2, 0.25) is 0 Å². The maximum Gasteiger partial charge on any atom is 0.119 e. The number of ether oxygens (including phenoxy) is 1. The molecule has 1 aromatic rings. The third-order valence-corrected chi connectivity index (χ3v) is 3.46. The molecule has 0 radical (unpaired) electrons. The van der Waals surface area contributed by atoms with Gasteiger partial charge in [-0.05, 0) is 37.6 Å². The molecule has 0 fully saturated rings. The zero-order valence-corrected chi connectivity index (χ0v) is 13.7. The van der Waals surface area contributed by atoms with Crippen LogP contribution in [0.3, 0.4) is 0 Å². The molecule has 0 bridgehead atoms. The predicted molar refractivity (Wildman–Crippen MR) is 84.0 cm³/mol. The van der Waals surface area contributed by atoms with E-state index in [1.54, 1.807) is 6.92 Å². The zero-order valence-electron chi connectivity index (χ0n) is 12.1. The molecule has 0 heterocycles. The van der Waals surface area contributed by atoms with Crippen molar-refractivity contribution in [2.75, 3.05) is 19.7 Å². The highest BCUT2D eigenvalue weighted by Gasteiger charge is 2.18. The summed E-state index contributed by atoms with van der Waals surface area (Å²) in [6.07, 6.45) is 1.08. The van der Waals surface area contributed by atoms with E-state index in [9.17, 15) is 10.2 Å². The summed E-state index contributed by atoms with van der Waals surface area (Å²) in [7, 11) is 0. The Morgan fingerprint density at radius 2 is 2.00 bits per heavy atom. The zero-order chi connectivity index (χ0) is 15.0. The van der Waals surface area contributed by atoms with E-state index in [2.05, 4.69) is 21.2 Å². The van der Waals surface area contributed by atoms with Gasteiger partial charge in [-0.25, -0.2) is 0 Å². The first-order chi connectivity index (χ1) is 9.43. The molecule has 5 heteroatoms. The maximum absolute atomic E-state index is 9.98. The average molecular weight is 346 g/mol. The molecule has 4 nitrogen and oxygen atoms in total. The number of aliphatic hydroxyl groups is 2. The van der Waals surface area contributed by atoms with Crippen LogP contribution < -0.4 is 10.1 Å². The van der Waals surface area contributed by atoms with Crippen molar-refractivity contribution in [2.45, 2.75) is 38.4 Å². The molecule has 0 amide bonds. The van der Waals surface area contributed by atoms with Gasteiger partial charge in [0.1, 0.15) is 18.5 Å². The summed E-state index contributed by atoms with van der Waals surface area (Å²) in [6, 6.07) is 7.47. The summed E-state index contributed by atoms with van der Waals surface area (Å²) in [6.45, 7) is 4.93. The fraction of sp³-hybridized carbons (Fsp3) is 0.600. The molecule has 0 aromatic heterocycles. The van der Waals surface area contributed by atoms with Crippen molar-refractivity contribution in [1.29, 1.82) is 0 Å². The molecule has 3 N–H and O–H groups in total. The molecule has 0 saturated heterocycles. The number of rotatable bonds is 9. The molecule has 1 rings (SSSR count). The summed E-state index contributed by atoms with van der Waals surface area (Å²) in [5.41, 5.74) is -0.721. The lowest BCUT2D eigenvalue weighted by Crippen LogP contribution is -2.41. The Labute approximate surface area is 129 Å². The summed E-state index contributed by atoms with van der Waals surface area (Å²) in [4.78, 5) is 0. The third kappa shape index (κ3) is 7.24. The van der Waals surface area contributed by atoms with Gasteiger partial charge in [-0.2, -0.15) is 0 Å². The second-order valence-electron chi connectivity index (χ2n) is 5.30. The normalized spacial score (nSPS) is 15.7. The van der Waals surface area contributed by atoms with E-state index in [4.69, 9.17) is 4.74 Å². The smallest absolute Gasteiger partial charge is 0.119 e. The van der Waals surface area contributed by atoms with Crippen molar-refractivity contribution < 1.29 is 14.9 Å². The molecule has 0 aliphatic heterocycles. The molecule has 0 spiro atoms. The highest BCUT2D eigenvalue weighted by atomic mass is 79.9. The SMILES string of the molecule is CCCC(C)(O)CNCC(O)COc1ccc(Br)cc1. The minimum absolute atomic E-state index is 0.227. The van der Waals surface area contributed by atoms with Crippen molar-refractivity contribution >= 4 is 15.9 Å². The van der Waals surface area contributed by atoms with Gasteiger partial charge >= 0.3 is 0 Å². The van der Waals surface area contributed by atoms with Crippen LogP contribution >= 0.6 is 15.9 Å². The van der Waals surface area contributed by atoms with Gasteiger partial charge in [-0.1, -0.05) is 29.3 Å². The Bertz CT molecular complexity index is 381. The molecule has 20 heavy (non-hydrogen) atoms. The average Bonchev–Trinajstić information content (AvgIpc) is 2.37. The van der Waals surface area contributed by atoms with Gasteiger partial charge < -0.3 is 20.3 Å². The van der Waals surface area contributed by atoms with E-state index in [0.29, 0.717) is 13.1 Å². The molecule has 1 aromatic carbocycles. The quantitative estimate of drug-likeness (QED) is 0.642. The van der Waals surface area contributed by atoms with Crippen LogP contribution in [0.1, 0.15) is 26.7 Å². The van der Waals surface area contributed by atoms with Gasteiger partial charge in [0.25, 0.3) is 0 Å². The lowest BCUT2D eigenvalue weighted by atomic mass is 10.0. The molecule has 0 saturated carbocycles. The molecule has 0 aliphatic rings. The van der Waals surface area contributed by atoms with E-state index in [0.717, 1.165) is 23.1 Å². The first-order valence-electron chi connectivity index (χ1n) is 6.92. The highest BCUT2D eigenvalue weighted by molar-refractivity contribution is 9.10. The van der Waals surface area contributed by atoms with Gasteiger partial charge in [0.05, 0.1) is 5.60 Å². The number of hydrogen-bond donors (Lipinski definition) is 3. The maximum atomic E-state index is 9.98. The van der Waals surface area contributed by atoms with Crippen molar-refractivity contribution in [3.8, 4) is 5.75 Å². The van der Waals surface area contributed by atoms with Crippen LogP contribution in [0.5, 0.6) is 5.75 Å². The summed E-state index contributed by atoms with van der Waals surface area (Å²) in [5.74, 6) is 0.727. The molecule has 114 valence electrons. The van der Waals surface area contributed by atoms with Crippen LogP contribution in [0, 0.1) is 0 Å². The Balaban J connectivity index is 2.20. The summed E-state index contributed by atoms with van der Waals surface area (Å²) >= 11 is 3.35. The summed E-state index contributed by atoms with van der Waals surface area (Å²) < 4.78 is 6.47. The number of hydrogen-bond acceptors (Lipinski definition) is 4. The van der Waals surface area contributed by atoms with E-state index in [1.165, 1.54) is 0 Å². The van der Waals surface area contributed by atoms with Crippen LogP contribution in [0.25, 0.3) is 0 Å². The standard InChI is InChI=1S/C15H24BrNO3/c1-3-8-15(2,19)11-17-9-13(18)10-20-14-6-4-12(16)5-7-14/h4-7,13,17-19H,3,8-11H2,1-2H3. The van der Waals surface area contributed by atoms with Crippen molar-refractivity contribution in [1.82, 2.24) is 5.32 Å². The van der Waals surface area contributed by atoms with Gasteiger partial charge in [0.2, 0.25) is 0 Å². The third-order valence-electron chi connectivity index (χ3n) is 2.93. The molecular weight excluding hydrogens is 322 g/mol. The minimum atomic E-state index is -0.721. The van der Waals surface area contributed by atoms with Crippen molar-refractivity contribution in [3.63, 3.8) is 0 Å². The lowest BCUT2D eigenvalue weighted by Gasteiger charge is -2.24. The van der Waals surface area contributed by atoms with E-state index >= 15 is 0 Å². The Morgan fingerprint density at radius 3 is 2.60 bits per heavy atom. The predicted octanol–water partition coefficient (Wildman–Crippen LogP) is 2.33. The second-order valence-corrected chi connectivity index (χ2v) is 6.21. The van der Waals surface area contributed by atoms with Crippen LogP contribution in [-0.4, -0.2) is 41.6 Å². The topological polar surface area (TPSA) is 61.7 Å². The Morgan fingerprint density at radius 1 is 1.35 bits per heavy atom. The number of benzene rings is 1. The molecule has 0 aliphatic carbocycles. The van der Waals surface area contributed by atoms with Crippen molar-refractivity contribution in [2.24, 2.45) is 0 Å². The van der Waals surface area contributed by atoms with E-state index in [1.807, 2.05) is 31.2 Å². The minimum Gasteiger partial charge on any atom is -0.491 e. The first kappa shape index (κ1) is 17.4. The summed E-state index contributed by atoms with van der Waals surface area (Å²) in [5, 5.41) is 22.9. The monoisotopic (exact) mass is 345 g/mol. The van der Waals surface area contributed by atoms with Crippen LogP contribution in [0.4, 0.5) is 0 Å². The van der Waals surface area contributed by atoms with E-state index in [-0.39, 0.29) is 6.61 Å². The van der Waals surface area contributed by atoms with Crippen LogP contribution in [-0.2, 0) is 0 Å². The first-order valence-corrected chi connectivity index (χ1v) is 7.72. The highest BCUT2D eigenvalue weighted by Crippen LogP contribution is 2.16. The molecule has 2 atom stereocenters. The van der Waals surface area contributed by atoms with Gasteiger partial charge in [0, 0.05) is 17.6 Å². The number of nitrogens with one attached hydrogen (secondary N) is 1. The molecular formula is C15H24BrNO3. The number of halogens is 1. The van der Waals surface area contributed by atoms with E-state index < -0.39 is 11.7 Å². The molecule has 2 unspecified atom stereocenters. The van der Waals surface area contributed by atoms with Crippen LogP contribution in [0.15, 0.2) is 28.7 Å². The lowest BCUT2D eigenvalue weighted by molar-refractivity contribution is 0.0427. The number of aliphatic hydroxyl groups excluding tert-OH is 1. The second kappa shape index (κ2) is 8.62. The fourth-order valence-corrected chi connectivity index (χ4v) is 2.18. The van der Waals surface area contributed by atoms with Gasteiger partial charge in [-0.15, -0.1) is 0 Å². The van der Waals surface area contributed by atoms with Gasteiger partial charge in [0.15, 0.2) is 0 Å². The largest absolute Gasteiger partial charge is 0.491 e. The van der Waals surface area contributed by atoms with Gasteiger partial charge in [-0.3, -0.25) is 0 Å². The Kier molecular flexibility index (Phi) is 7.51.